The fraction of sp³-hybridized carbons (Fsp3) is 0.607. The van der Waals surface area contributed by atoms with Crippen LogP contribution in [-0.4, -0.2) is 130 Å². The first-order chi connectivity index (χ1) is 21.6. The molecule has 18 heteroatoms. The number of hydrogen-bond donors (Lipinski definition) is 6. The highest BCUT2D eigenvalue weighted by molar-refractivity contribution is 5.82. The zero-order chi connectivity index (χ0) is 34.3. The van der Waals surface area contributed by atoms with Gasteiger partial charge < -0.3 is 64.0 Å². The Labute approximate surface area is 262 Å². The van der Waals surface area contributed by atoms with Crippen LogP contribution in [0.25, 0.3) is 0 Å². The molecule has 2 fully saturated rings. The third-order valence-corrected chi connectivity index (χ3v) is 6.77. The first-order valence-electron chi connectivity index (χ1n) is 14.0. The van der Waals surface area contributed by atoms with Crippen molar-refractivity contribution in [2.45, 2.75) is 95.5 Å². The van der Waals surface area contributed by atoms with E-state index in [2.05, 4.69) is 5.32 Å². The molecular formula is C28H37NO17. The van der Waals surface area contributed by atoms with Gasteiger partial charge in [0.05, 0.1) is 6.61 Å². The highest BCUT2D eigenvalue weighted by atomic mass is 16.7. The number of carbonyl (C=O) groups excluding carboxylic acids is 5. The molecule has 2 saturated heterocycles. The van der Waals surface area contributed by atoms with Gasteiger partial charge in [-0.1, -0.05) is 6.07 Å². The fourth-order valence-electron chi connectivity index (χ4n) is 4.78. The van der Waals surface area contributed by atoms with E-state index in [1.807, 2.05) is 0 Å². The second-order valence-corrected chi connectivity index (χ2v) is 10.4. The number of carbonyl (C=O) groups is 5. The van der Waals surface area contributed by atoms with E-state index in [1.54, 1.807) is 0 Å². The van der Waals surface area contributed by atoms with Crippen LogP contribution >= 0.6 is 0 Å². The molecule has 2 aliphatic rings. The minimum absolute atomic E-state index is 0.0817. The van der Waals surface area contributed by atoms with Gasteiger partial charge in [0.15, 0.2) is 29.8 Å². The van der Waals surface area contributed by atoms with Crippen LogP contribution in [0.15, 0.2) is 18.2 Å². The number of aliphatic hydroxyl groups excluding tert-OH is 4. The van der Waals surface area contributed by atoms with Crippen molar-refractivity contribution >= 4 is 29.8 Å². The van der Waals surface area contributed by atoms with Crippen molar-refractivity contribution in [3.8, 4) is 11.5 Å². The standard InChI is InChI=1S/C28H37NO17/c1-11(31)40-22-23(41-12(2)32)25(42-13(3)33)28(43-14(4)34)46-24(22)26(39)29-8-7-15-5-6-17(16(35)9-15)44-27-21(38)20(37)19(36)18(10-30)45-27/h5-6,9,18-25,27-28,30,35-38H,7-8,10H2,1-4H3,(H,29,39). The summed E-state index contributed by atoms with van der Waals surface area (Å²) in [5.74, 6) is -4.98. The summed E-state index contributed by atoms with van der Waals surface area (Å²) in [6, 6.07) is 4.10. The van der Waals surface area contributed by atoms with Crippen LogP contribution in [0.1, 0.15) is 33.3 Å². The van der Waals surface area contributed by atoms with Gasteiger partial charge in [0.1, 0.15) is 24.4 Å². The molecule has 256 valence electrons. The van der Waals surface area contributed by atoms with Gasteiger partial charge in [-0.05, 0) is 24.1 Å². The molecule has 2 aliphatic heterocycles. The molecule has 46 heavy (non-hydrogen) atoms. The second kappa shape index (κ2) is 16.0. The van der Waals surface area contributed by atoms with Crippen LogP contribution in [-0.2, 0) is 58.8 Å². The summed E-state index contributed by atoms with van der Waals surface area (Å²) >= 11 is 0. The van der Waals surface area contributed by atoms with Crippen molar-refractivity contribution < 1.29 is 82.7 Å². The number of rotatable bonds is 11. The lowest BCUT2D eigenvalue weighted by molar-refractivity contribution is -0.290. The molecule has 0 aromatic heterocycles. The summed E-state index contributed by atoms with van der Waals surface area (Å²) < 4.78 is 37.0. The van der Waals surface area contributed by atoms with Gasteiger partial charge in [-0.15, -0.1) is 0 Å². The summed E-state index contributed by atoms with van der Waals surface area (Å²) in [6.45, 7) is 3.35. The number of benzene rings is 1. The summed E-state index contributed by atoms with van der Waals surface area (Å²) in [6.07, 6.45) is -15.9. The molecule has 0 spiro atoms. The van der Waals surface area contributed by atoms with Crippen LogP contribution in [0.3, 0.4) is 0 Å². The number of hydrogen-bond acceptors (Lipinski definition) is 17. The second-order valence-electron chi connectivity index (χ2n) is 10.4. The van der Waals surface area contributed by atoms with Crippen molar-refractivity contribution in [2.75, 3.05) is 13.2 Å². The summed E-state index contributed by atoms with van der Waals surface area (Å²) in [5.41, 5.74) is 0.477. The molecule has 3 rings (SSSR count). The summed E-state index contributed by atoms with van der Waals surface area (Å²) in [7, 11) is 0. The predicted octanol–water partition coefficient (Wildman–Crippen LogP) is -2.69. The fourth-order valence-corrected chi connectivity index (χ4v) is 4.78. The lowest BCUT2D eigenvalue weighted by Crippen LogP contribution is -2.65. The molecule has 0 aliphatic carbocycles. The SMILES string of the molecule is CC(=O)OC1OC(C(=O)NCCc2ccc(OC3OC(CO)C(O)C(O)C3O)c(O)c2)C(OC(C)=O)C(OC(C)=O)C1OC(C)=O. The maximum atomic E-state index is 13.3. The molecule has 0 bridgehead atoms. The van der Waals surface area contributed by atoms with E-state index in [9.17, 15) is 49.5 Å². The summed E-state index contributed by atoms with van der Waals surface area (Å²) in [5, 5.41) is 52.4. The highest BCUT2D eigenvalue weighted by Gasteiger charge is 2.55. The lowest BCUT2D eigenvalue weighted by atomic mass is 9.97. The van der Waals surface area contributed by atoms with Crippen molar-refractivity contribution in [3.63, 3.8) is 0 Å². The van der Waals surface area contributed by atoms with Gasteiger partial charge >= 0.3 is 23.9 Å². The number of phenols is 1. The molecule has 10 unspecified atom stereocenters. The third-order valence-electron chi connectivity index (χ3n) is 6.77. The molecule has 0 radical (unpaired) electrons. The smallest absolute Gasteiger partial charge is 0.305 e. The minimum atomic E-state index is -1.72. The minimum Gasteiger partial charge on any atom is -0.504 e. The van der Waals surface area contributed by atoms with Crippen molar-refractivity contribution in [2.24, 2.45) is 0 Å². The Balaban J connectivity index is 1.72. The Bertz CT molecular complexity index is 1270. The van der Waals surface area contributed by atoms with Gasteiger partial charge in [0.2, 0.25) is 18.7 Å². The van der Waals surface area contributed by atoms with E-state index in [0.717, 1.165) is 27.7 Å². The lowest BCUT2D eigenvalue weighted by Gasteiger charge is -2.43. The number of esters is 4. The Morgan fingerprint density at radius 1 is 0.761 bits per heavy atom. The van der Waals surface area contributed by atoms with Gasteiger partial charge in [0, 0.05) is 34.2 Å². The van der Waals surface area contributed by atoms with Crippen LogP contribution < -0.4 is 10.1 Å². The number of ether oxygens (including phenoxy) is 7. The average Bonchev–Trinajstić information content (AvgIpc) is 2.96. The Kier molecular flexibility index (Phi) is 12.6. The molecular weight excluding hydrogens is 622 g/mol. The molecule has 1 amide bonds. The molecule has 18 nitrogen and oxygen atoms in total. The normalized spacial score (nSPS) is 30.8. The highest BCUT2D eigenvalue weighted by Crippen LogP contribution is 2.32. The van der Waals surface area contributed by atoms with Crippen molar-refractivity contribution in [1.29, 1.82) is 0 Å². The Morgan fingerprint density at radius 3 is 1.91 bits per heavy atom. The van der Waals surface area contributed by atoms with Gasteiger partial charge in [-0.2, -0.15) is 0 Å². The maximum Gasteiger partial charge on any atom is 0.305 e. The number of aliphatic hydroxyl groups is 4. The molecule has 6 N–H and O–H groups in total. The summed E-state index contributed by atoms with van der Waals surface area (Å²) in [4.78, 5) is 60.7. The van der Waals surface area contributed by atoms with Crippen LogP contribution in [0.2, 0.25) is 0 Å². The largest absolute Gasteiger partial charge is 0.504 e. The Morgan fingerprint density at radius 2 is 1.35 bits per heavy atom. The number of nitrogens with one attached hydrogen (secondary N) is 1. The van der Waals surface area contributed by atoms with Gasteiger partial charge in [-0.25, -0.2) is 0 Å². The topological polar surface area (TPSA) is 263 Å². The molecule has 2 heterocycles. The van der Waals surface area contributed by atoms with E-state index in [1.165, 1.54) is 18.2 Å². The van der Waals surface area contributed by atoms with E-state index >= 15 is 0 Å². The average molecular weight is 660 g/mol. The van der Waals surface area contributed by atoms with Crippen LogP contribution in [0.5, 0.6) is 11.5 Å². The monoisotopic (exact) mass is 659 g/mol. The third kappa shape index (κ3) is 9.24. The quantitative estimate of drug-likeness (QED) is 0.104. The number of amides is 1. The number of phenolic OH excluding ortho intramolecular Hbond substituents is 1. The molecule has 0 saturated carbocycles. The van der Waals surface area contributed by atoms with Crippen molar-refractivity contribution in [3.05, 3.63) is 23.8 Å². The number of aromatic hydroxyl groups is 1. The molecule has 1 aromatic carbocycles. The zero-order valence-electron chi connectivity index (χ0n) is 25.3. The van der Waals surface area contributed by atoms with E-state index in [-0.39, 0.29) is 18.7 Å². The zero-order valence-corrected chi connectivity index (χ0v) is 25.3. The first kappa shape index (κ1) is 36.4. The van der Waals surface area contributed by atoms with Crippen LogP contribution in [0, 0.1) is 0 Å². The van der Waals surface area contributed by atoms with E-state index < -0.39 is 104 Å². The first-order valence-corrected chi connectivity index (χ1v) is 14.0. The maximum absolute atomic E-state index is 13.3. The van der Waals surface area contributed by atoms with E-state index in [4.69, 9.17) is 33.2 Å². The van der Waals surface area contributed by atoms with Crippen LogP contribution in [0.4, 0.5) is 0 Å². The molecule has 10 atom stereocenters. The van der Waals surface area contributed by atoms with E-state index in [0.29, 0.717) is 5.56 Å². The van der Waals surface area contributed by atoms with Gasteiger partial charge in [-0.3, -0.25) is 24.0 Å². The molecule has 1 aromatic rings. The van der Waals surface area contributed by atoms with Gasteiger partial charge in [0.25, 0.3) is 5.91 Å². The Hall–Kier alpha value is -4.07. The predicted molar refractivity (Wildman–Crippen MR) is 146 cm³/mol. The van der Waals surface area contributed by atoms with Crippen molar-refractivity contribution in [1.82, 2.24) is 5.32 Å².